The molecule has 1 unspecified atom stereocenters. The summed E-state index contributed by atoms with van der Waals surface area (Å²) in [5.74, 6) is -0.932. The lowest BCUT2D eigenvalue weighted by Crippen LogP contribution is -2.56. The van der Waals surface area contributed by atoms with Crippen molar-refractivity contribution in [1.82, 2.24) is 4.90 Å². The van der Waals surface area contributed by atoms with Gasteiger partial charge in [0.05, 0.1) is 0 Å². The van der Waals surface area contributed by atoms with Gasteiger partial charge in [-0.15, -0.1) is 0 Å². The lowest BCUT2D eigenvalue weighted by atomic mass is 9.93. The summed E-state index contributed by atoms with van der Waals surface area (Å²) in [6.07, 6.45) is 2.74. The molecule has 1 aliphatic heterocycles. The molecule has 0 aromatic carbocycles. The molecule has 1 heterocycles. The summed E-state index contributed by atoms with van der Waals surface area (Å²) in [5.41, 5.74) is -1.02. The van der Waals surface area contributed by atoms with Gasteiger partial charge in [0.15, 0.2) is 0 Å². The Kier molecular flexibility index (Phi) is 3.13. The van der Waals surface area contributed by atoms with Crippen LogP contribution in [0, 0.1) is 0 Å². The van der Waals surface area contributed by atoms with Crippen molar-refractivity contribution in [2.75, 3.05) is 6.54 Å². The summed E-state index contributed by atoms with van der Waals surface area (Å²) < 4.78 is 0. The Bertz CT molecular complexity index is 252. The SMILES string of the molecule is CCC(C)(C(=O)O)N1CCCCC1=O. The largest absolute Gasteiger partial charge is 0.480 e. The molecular formula is C10H17NO3. The van der Waals surface area contributed by atoms with Crippen LogP contribution in [0.3, 0.4) is 0 Å². The fourth-order valence-corrected chi connectivity index (χ4v) is 1.79. The molecule has 0 radical (unpaired) electrons. The summed E-state index contributed by atoms with van der Waals surface area (Å²) in [6.45, 7) is 4.00. The van der Waals surface area contributed by atoms with E-state index in [4.69, 9.17) is 5.11 Å². The third-order valence-electron chi connectivity index (χ3n) is 3.07. The van der Waals surface area contributed by atoms with Gasteiger partial charge in [0.1, 0.15) is 5.54 Å². The third-order valence-corrected chi connectivity index (χ3v) is 3.07. The van der Waals surface area contributed by atoms with Gasteiger partial charge in [-0.25, -0.2) is 4.79 Å². The second-order valence-electron chi connectivity index (χ2n) is 3.94. The van der Waals surface area contributed by atoms with Gasteiger partial charge in [-0.3, -0.25) is 4.79 Å². The van der Waals surface area contributed by atoms with Crippen LogP contribution in [0.2, 0.25) is 0 Å². The first kappa shape index (κ1) is 11.0. The topological polar surface area (TPSA) is 57.6 Å². The van der Waals surface area contributed by atoms with Gasteiger partial charge < -0.3 is 10.0 Å². The van der Waals surface area contributed by atoms with E-state index in [2.05, 4.69) is 0 Å². The summed E-state index contributed by atoms with van der Waals surface area (Å²) in [6, 6.07) is 0. The number of carbonyl (C=O) groups is 2. The Balaban J connectivity index is 2.87. The van der Waals surface area contributed by atoms with Crippen LogP contribution in [0.25, 0.3) is 0 Å². The molecule has 4 nitrogen and oxygen atoms in total. The molecule has 1 fully saturated rings. The number of piperidine rings is 1. The van der Waals surface area contributed by atoms with Crippen molar-refractivity contribution in [3.05, 3.63) is 0 Å². The van der Waals surface area contributed by atoms with Gasteiger partial charge in [0, 0.05) is 13.0 Å². The number of aliphatic carboxylic acids is 1. The molecule has 1 N–H and O–H groups in total. The molecule has 0 saturated carbocycles. The maximum absolute atomic E-state index is 11.6. The van der Waals surface area contributed by atoms with Gasteiger partial charge in [-0.2, -0.15) is 0 Å². The smallest absolute Gasteiger partial charge is 0.329 e. The van der Waals surface area contributed by atoms with E-state index in [-0.39, 0.29) is 5.91 Å². The van der Waals surface area contributed by atoms with Crippen molar-refractivity contribution >= 4 is 11.9 Å². The molecule has 1 amide bonds. The molecule has 0 aromatic heterocycles. The Morgan fingerprint density at radius 2 is 2.21 bits per heavy atom. The molecule has 1 saturated heterocycles. The second-order valence-corrected chi connectivity index (χ2v) is 3.94. The maximum atomic E-state index is 11.6. The number of rotatable bonds is 3. The highest BCUT2D eigenvalue weighted by molar-refractivity contribution is 5.87. The molecule has 14 heavy (non-hydrogen) atoms. The molecular weight excluding hydrogens is 182 g/mol. The minimum absolute atomic E-state index is 0.0250. The number of hydrogen-bond acceptors (Lipinski definition) is 2. The molecule has 1 atom stereocenters. The van der Waals surface area contributed by atoms with Gasteiger partial charge in [-0.05, 0) is 26.2 Å². The Morgan fingerprint density at radius 3 is 2.64 bits per heavy atom. The molecule has 0 spiro atoms. The zero-order chi connectivity index (χ0) is 10.8. The first-order chi connectivity index (χ1) is 6.52. The van der Waals surface area contributed by atoms with E-state index in [1.54, 1.807) is 13.8 Å². The number of carbonyl (C=O) groups excluding carboxylic acids is 1. The Hall–Kier alpha value is -1.06. The van der Waals surface area contributed by atoms with Crippen LogP contribution < -0.4 is 0 Å². The first-order valence-electron chi connectivity index (χ1n) is 5.06. The zero-order valence-electron chi connectivity index (χ0n) is 8.75. The quantitative estimate of drug-likeness (QED) is 0.744. The van der Waals surface area contributed by atoms with Crippen LogP contribution in [-0.2, 0) is 9.59 Å². The van der Waals surface area contributed by atoms with Crippen LogP contribution in [0.5, 0.6) is 0 Å². The Morgan fingerprint density at radius 1 is 1.57 bits per heavy atom. The zero-order valence-corrected chi connectivity index (χ0v) is 8.75. The van der Waals surface area contributed by atoms with Gasteiger partial charge in [-0.1, -0.05) is 6.92 Å². The van der Waals surface area contributed by atoms with Gasteiger partial charge >= 0.3 is 5.97 Å². The number of nitrogens with zero attached hydrogens (tertiary/aromatic N) is 1. The highest BCUT2D eigenvalue weighted by Gasteiger charge is 2.41. The predicted molar refractivity (Wildman–Crippen MR) is 51.9 cm³/mol. The standard InChI is InChI=1S/C10H17NO3/c1-3-10(2,9(13)14)11-7-5-4-6-8(11)12/h3-7H2,1-2H3,(H,13,14). The third kappa shape index (κ3) is 1.74. The molecule has 0 aromatic rings. The summed E-state index contributed by atoms with van der Waals surface area (Å²) in [7, 11) is 0. The number of likely N-dealkylation sites (tertiary alicyclic amines) is 1. The van der Waals surface area contributed by atoms with E-state index < -0.39 is 11.5 Å². The van der Waals surface area contributed by atoms with E-state index >= 15 is 0 Å². The maximum Gasteiger partial charge on any atom is 0.329 e. The molecule has 80 valence electrons. The van der Waals surface area contributed by atoms with Gasteiger partial charge in [0.25, 0.3) is 0 Å². The summed E-state index contributed by atoms with van der Waals surface area (Å²) >= 11 is 0. The van der Waals surface area contributed by atoms with Crippen LogP contribution in [0.15, 0.2) is 0 Å². The highest BCUT2D eigenvalue weighted by Crippen LogP contribution is 2.25. The van der Waals surface area contributed by atoms with E-state index in [1.165, 1.54) is 4.90 Å². The van der Waals surface area contributed by atoms with Crippen LogP contribution in [0.1, 0.15) is 39.5 Å². The van der Waals surface area contributed by atoms with Gasteiger partial charge in [0.2, 0.25) is 5.91 Å². The second kappa shape index (κ2) is 3.98. The fourth-order valence-electron chi connectivity index (χ4n) is 1.79. The van der Waals surface area contributed by atoms with Crippen LogP contribution in [0.4, 0.5) is 0 Å². The van der Waals surface area contributed by atoms with E-state index in [0.717, 1.165) is 12.8 Å². The molecule has 1 rings (SSSR count). The minimum atomic E-state index is -1.02. The predicted octanol–water partition coefficient (Wildman–Crippen LogP) is 1.25. The summed E-state index contributed by atoms with van der Waals surface area (Å²) in [4.78, 5) is 24.2. The number of hydrogen-bond donors (Lipinski definition) is 1. The van der Waals surface area contributed by atoms with Crippen molar-refractivity contribution in [2.45, 2.75) is 45.1 Å². The number of carboxylic acids is 1. The van der Waals surface area contributed by atoms with Crippen LogP contribution >= 0.6 is 0 Å². The minimum Gasteiger partial charge on any atom is -0.480 e. The average Bonchev–Trinajstić information content (AvgIpc) is 2.17. The average molecular weight is 199 g/mol. The van der Waals surface area contributed by atoms with Crippen molar-refractivity contribution in [1.29, 1.82) is 0 Å². The molecule has 0 aliphatic carbocycles. The number of carboxylic acid groups (broad SMARTS) is 1. The molecule has 4 heteroatoms. The first-order valence-corrected chi connectivity index (χ1v) is 5.06. The van der Waals surface area contributed by atoms with Crippen molar-refractivity contribution in [3.63, 3.8) is 0 Å². The lowest BCUT2D eigenvalue weighted by molar-refractivity contribution is -0.160. The van der Waals surface area contributed by atoms with E-state index in [9.17, 15) is 9.59 Å². The fraction of sp³-hybridized carbons (Fsp3) is 0.800. The monoisotopic (exact) mass is 199 g/mol. The normalized spacial score (nSPS) is 21.9. The Labute approximate surface area is 83.9 Å². The number of amides is 1. The summed E-state index contributed by atoms with van der Waals surface area (Å²) in [5, 5.41) is 9.11. The van der Waals surface area contributed by atoms with E-state index in [1.807, 2.05) is 0 Å². The van der Waals surface area contributed by atoms with Crippen molar-refractivity contribution in [3.8, 4) is 0 Å². The van der Waals surface area contributed by atoms with E-state index in [0.29, 0.717) is 19.4 Å². The molecule has 1 aliphatic rings. The highest BCUT2D eigenvalue weighted by atomic mass is 16.4. The molecule has 0 bridgehead atoms. The van der Waals surface area contributed by atoms with Crippen molar-refractivity contribution < 1.29 is 14.7 Å². The van der Waals surface area contributed by atoms with Crippen LogP contribution in [-0.4, -0.2) is 34.0 Å². The lowest BCUT2D eigenvalue weighted by Gasteiger charge is -2.39. The van der Waals surface area contributed by atoms with Crippen molar-refractivity contribution in [2.24, 2.45) is 0 Å².